The van der Waals surface area contributed by atoms with Gasteiger partial charge in [-0.25, -0.2) is 0 Å². The Morgan fingerprint density at radius 3 is 2.89 bits per heavy atom. The van der Waals surface area contributed by atoms with E-state index in [1.807, 2.05) is 43.6 Å². The zero-order valence-corrected chi connectivity index (χ0v) is 10.00. The quantitative estimate of drug-likeness (QED) is 0.641. The van der Waals surface area contributed by atoms with Crippen LogP contribution in [0.1, 0.15) is 10.4 Å². The first-order valence-corrected chi connectivity index (χ1v) is 5.74. The minimum atomic E-state index is 0.693. The third-order valence-electron chi connectivity index (χ3n) is 3.12. The van der Waals surface area contributed by atoms with E-state index >= 15 is 0 Å². The summed E-state index contributed by atoms with van der Waals surface area (Å²) in [6, 6.07) is 9.67. The average molecular weight is 236 g/mol. The van der Waals surface area contributed by atoms with Gasteiger partial charge in [0.25, 0.3) is 0 Å². The lowest BCUT2D eigenvalue weighted by Gasteiger charge is -1.99. The van der Waals surface area contributed by atoms with Crippen molar-refractivity contribution in [2.45, 2.75) is 0 Å². The minimum Gasteiger partial charge on any atom is -0.350 e. The van der Waals surface area contributed by atoms with Gasteiger partial charge >= 0.3 is 0 Å². The smallest absolute Gasteiger partial charge is 0.150 e. The molecule has 2 heterocycles. The Morgan fingerprint density at radius 1 is 1.28 bits per heavy atom. The maximum Gasteiger partial charge on any atom is 0.150 e. The van der Waals surface area contributed by atoms with Gasteiger partial charge in [-0.2, -0.15) is 0 Å². The van der Waals surface area contributed by atoms with Crippen molar-refractivity contribution in [2.24, 2.45) is 7.05 Å². The SMILES string of the molecule is Cn1cc(-c2cccnc2)c2cc(C=O)ccc21. The first kappa shape index (κ1) is 10.7. The van der Waals surface area contributed by atoms with Gasteiger partial charge in [-0.3, -0.25) is 9.78 Å². The Labute approximate surface area is 105 Å². The number of pyridine rings is 1. The Bertz CT molecular complexity index is 714. The summed E-state index contributed by atoms with van der Waals surface area (Å²) in [5.41, 5.74) is 3.97. The third-order valence-corrected chi connectivity index (χ3v) is 3.12. The Balaban J connectivity index is 2.32. The van der Waals surface area contributed by atoms with Crippen molar-refractivity contribution in [3.63, 3.8) is 0 Å². The molecule has 0 unspecified atom stereocenters. The zero-order valence-electron chi connectivity index (χ0n) is 10.00. The lowest BCUT2D eigenvalue weighted by Crippen LogP contribution is -1.84. The molecule has 3 nitrogen and oxygen atoms in total. The molecule has 3 rings (SSSR count). The molecule has 0 N–H and O–H groups in total. The predicted octanol–water partition coefficient (Wildman–Crippen LogP) is 3.05. The predicted molar refractivity (Wildman–Crippen MR) is 71.5 cm³/mol. The van der Waals surface area contributed by atoms with Crippen LogP contribution in [-0.4, -0.2) is 15.8 Å². The number of nitrogens with zero attached hydrogens (tertiary/aromatic N) is 2. The second kappa shape index (κ2) is 4.11. The average Bonchev–Trinajstić information content (AvgIpc) is 2.76. The van der Waals surface area contributed by atoms with E-state index in [-0.39, 0.29) is 0 Å². The number of carbonyl (C=O) groups excluding carboxylic acids is 1. The van der Waals surface area contributed by atoms with E-state index in [1.165, 1.54) is 0 Å². The van der Waals surface area contributed by atoms with Crippen LogP contribution in [0.15, 0.2) is 48.9 Å². The highest BCUT2D eigenvalue weighted by atomic mass is 16.1. The van der Waals surface area contributed by atoms with Gasteiger partial charge in [0.2, 0.25) is 0 Å². The van der Waals surface area contributed by atoms with Crippen LogP contribution in [0.2, 0.25) is 0 Å². The number of rotatable bonds is 2. The topological polar surface area (TPSA) is 34.9 Å². The number of carbonyl (C=O) groups is 1. The molecule has 0 amide bonds. The summed E-state index contributed by atoms with van der Waals surface area (Å²) in [6.45, 7) is 0. The number of aldehydes is 1. The van der Waals surface area contributed by atoms with Gasteiger partial charge in [-0.15, -0.1) is 0 Å². The number of hydrogen-bond donors (Lipinski definition) is 0. The van der Waals surface area contributed by atoms with E-state index in [9.17, 15) is 4.79 Å². The minimum absolute atomic E-state index is 0.693. The standard InChI is InChI=1S/C15H12N2O/c1-17-9-14(12-3-2-6-16-8-12)13-7-11(10-18)4-5-15(13)17/h2-10H,1H3. The zero-order chi connectivity index (χ0) is 12.5. The van der Waals surface area contributed by atoms with Crippen LogP contribution >= 0.6 is 0 Å². The van der Waals surface area contributed by atoms with Crippen molar-refractivity contribution in [3.8, 4) is 11.1 Å². The maximum absolute atomic E-state index is 10.9. The fourth-order valence-corrected chi connectivity index (χ4v) is 2.24. The summed E-state index contributed by atoms with van der Waals surface area (Å²) >= 11 is 0. The molecule has 0 aliphatic rings. The van der Waals surface area contributed by atoms with E-state index in [0.717, 1.165) is 28.3 Å². The van der Waals surface area contributed by atoms with Gasteiger partial charge in [0.05, 0.1) is 0 Å². The number of fused-ring (bicyclic) bond motifs is 1. The van der Waals surface area contributed by atoms with Gasteiger partial charge in [0.1, 0.15) is 6.29 Å². The van der Waals surface area contributed by atoms with E-state index in [2.05, 4.69) is 15.7 Å². The molecule has 0 bridgehead atoms. The summed E-state index contributed by atoms with van der Waals surface area (Å²) in [4.78, 5) is 15.0. The first-order chi connectivity index (χ1) is 8.79. The van der Waals surface area contributed by atoms with Crippen molar-refractivity contribution in [1.82, 2.24) is 9.55 Å². The number of aromatic nitrogens is 2. The van der Waals surface area contributed by atoms with Crippen molar-refractivity contribution in [2.75, 3.05) is 0 Å². The Hall–Kier alpha value is -2.42. The summed E-state index contributed by atoms with van der Waals surface area (Å²) in [5.74, 6) is 0. The molecule has 3 aromatic rings. The van der Waals surface area contributed by atoms with Crippen molar-refractivity contribution < 1.29 is 4.79 Å². The molecule has 0 atom stereocenters. The molecular formula is C15H12N2O. The van der Waals surface area contributed by atoms with E-state index in [4.69, 9.17) is 0 Å². The van der Waals surface area contributed by atoms with Gasteiger partial charge in [-0.1, -0.05) is 6.07 Å². The monoisotopic (exact) mass is 236 g/mol. The lowest BCUT2D eigenvalue weighted by molar-refractivity contribution is 0.112. The highest BCUT2D eigenvalue weighted by molar-refractivity contribution is 5.98. The molecule has 0 fully saturated rings. The molecule has 0 aliphatic heterocycles. The van der Waals surface area contributed by atoms with E-state index < -0.39 is 0 Å². The fraction of sp³-hybridized carbons (Fsp3) is 0.0667. The second-order valence-electron chi connectivity index (χ2n) is 4.29. The van der Waals surface area contributed by atoms with E-state index in [1.54, 1.807) is 6.20 Å². The van der Waals surface area contributed by atoms with Crippen LogP contribution in [0, 0.1) is 0 Å². The summed E-state index contributed by atoms with van der Waals surface area (Å²) in [5, 5.41) is 1.08. The van der Waals surface area contributed by atoms with Crippen molar-refractivity contribution in [3.05, 3.63) is 54.5 Å². The molecule has 1 aromatic carbocycles. The number of benzene rings is 1. The summed E-state index contributed by atoms with van der Waals surface area (Å²) in [7, 11) is 2.00. The number of hydrogen-bond acceptors (Lipinski definition) is 2. The summed E-state index contributed by atoms with van der Waals surface area (Å²) < 4.78 is 2.06. The van der Waals surface area contributed by atoms with Crippen LogP contribution < -0.4 is 0 Å². The molecule has 0 saturated carbocycles. The fourth-order valence-electron chi connectivity index (χ4n) is 2.24. The second-order valence-corrected chi connectivity index (χ2v) is 4.29. The molecule has 88 valence electrons. The third kappa shape index (κ3) is 1.61. The molecule has 0 radical (unpaired) electrons. The van der Waals surface area contributed by atoms with Crippen LogP contribution in [0.25, 0.3) is 22.0 Å². The molecule has 0 spiro atoms. The molecule has 3 heteroatoms. The van der Waals surface area contributed by atoms with E-state index in [0.29, 0.717) is 5.56 Å². The van der Waals surface area contributed by atoms with Crippen molar-refractivity contribution >= 4 is 17.2 Å². The first-order valence-electron chi connectivity index (χ1n) is 5.74. The van der Waals surface area contributed by atoms with Crippen LogP contribution in [0.4, 0.5) is 0 Å². The molecular weight excluding hydrogens is 224 g/mol. The van der Waals surface area contributed by atoms with Gasteiger partial charge in [0.15, 0.2) is 0 Å². The Kier molecular flexibility index (Phi) is 2.45. The van der Waals surface area contributed by atoms with Gasteiger partial charge in [-0.05, 0) is 24.3 Å². The molecule has 18 heavy (non-hydrogen) atoms. The Morgan fingerprint density at radius 2 is 2.17 bits per heavy atom. The van der Waals surface area contributed by atoms with Gasteiger partial charge < -0.3 is 4.57 Å². The largest absolute Gasteiger partial charge is 0.350 e. The molecule has 2 aromatic heterocycles. The summed E-state index contributed by atoms with van der Waals surface area (Å²) in [6.07, 6.45) is 6.53. The lowest BCUT2D eigenvalue weighted by atomic mass is 10.1. The molecule has 0 saturated heterocycles. The van der Waals surface area contributed by atoms with Crippen LogP contribution in [0.3, 0.4) is 0 Å². The number of aryl methyl sites for hydroxylation is 1. The highest BCUT2D eigenvalue weighted by Crippen LogP contribution is 2.30. The van der Waals surface area contributed by atoms with Crippen molar-refractivity contribution in [1.29, 1.82) is 0 Å². The molecule has 0 aliphatic carbocycles. The van der Waals surface area contributed by atoms with Crippen LogP contribution in [-0.2, 0) is 7.05 Å². The maximum atomic E-state index is 10.9. The van der Waals surface area contributed by atoms with Gasteiger partial charge in [0, 0.05) is 53.2 Å². The highest BCUT2D eigenvalue weighted by Gasteiger charge is 2.09. The van der Waals surface area contributed by atoms with Crippen LogP contribution in [0.5, 0.6) is 0 Å². The normalized spacial score (nSPS) is 10.7.